The average Bonchev–Trinajstić information content (AvgIpc) is 2.87. The van der Waals surface area contributed by atoms with Crippen molar-refractivity contribution in [3.63, 3.8) is 0 Å². The van der Waals surface area contributed by atoms with E-state index >= 15 is 0 Å². The monoisotopic (exact) mass is 314 g/mol. The molecule has 0 spiro atoms. The molecule has 3 N–H and O–H groups in total. The minimum absolute atomic E-state index is 0. The van der Waals surface area contributed by atoms with Gasteiger partial charge in [-0.25, -0.2) is 0 Å². The number of benzene rings is 1. The molecule has 2 rings (SSSR count). The molecule has 1 aliphatic rings. The van der Waals surface area contributed by atoms with E-state index in [0.29, 0.717) is 26.1 Å². The minimum atomic E-state index is -0.407. The van der Waals surface area contributed by atoms with Crippen molar-refractivity contribution in [2.75, 3.05) is 19.7 Å². The molecule has 1 aliphatic heterocycles. The maximum Gasteiger partial charge on any atom is 0.237 e. The number of hydrogen-bond acceptors (Lipinski definition) is 4. The van der Waals surface area contributed by atoms with Crippen molar-refractivity contribution in [2.45, 2.75) is 31.9 Å². The normalized spacial score (nSPS) is 20.7. The van der Waals surface area contributed by atoms with Gasteiger partial charge in [-0.05, 0) is 31.9 Å². The van der Waals surface area contributed by atoms with Crippen LogP contribution in [0.25, 0.3) is 0 Å². The molecule has 0 saturated carbocycles. The molecule has 1 aromatic carbocycles. The van der Waals surface area contributed by atoms with Gasteiger partial charge in [0.15, 0.2) is 0 Å². The highest BCUT2D eigenvalue weighted by molar-refractivity contribution is 5.85. The van der Waals surface area contributed by atoms with Crippen LogP contribution in [-0.4, -0.2) is 42.9 Å². The topological polar surface area (TPSA) is 70.6 Å². The van der Waals surface area contributed by atoms with Crippen molar-refractivity contribution in [1.82, 2.24) is 10.6 Å². The highest BCUT2D eigenvalue weighted by Gasteiger charge is 2.27. The molecule has 1 saturated heterocycles. The molecule has 0 aliphatic carbocycles. The second-order valence-electron chi connectivity index (χ2n) is 5.16. The maximum atomic E-state index is 11.7. The van der Waals surface area contributed by atoms with Gasteiger partial charge in [-0.3, -0.25) is 4.79 Å². The van der Waals surface area contributed by atoms with Crippen LogP contribution in [-0.2, 0) is 4.79 Å². The SMILES string of the molecule is Cc1ccc(OCCCNC(=O)C2CC(O)CN2)cc1.Cl. The second kappa shape index (κ2) is 8.87. The molecule has 118 valence electrons. The molecule has 6 heteroatoms. The third kappa shape index (κ3) is 5.91. The first kappa shape index (κ1) is 17.8. The molecule has 1 fully saturated rings. The highest BCUT2D eigenvalue weighted by Crippen LogP contribution is 2.11. The Balaban J connectivity index is 0.00000220. The van der Waals surface area contributed by atoms with Crippen molar-refractivity contribution in [1.29, 1.82) is 0 Å². The zero-order chi connectivity index (χ0) is 14.4. The number of aliphatic hydroxyl groups excluding tert-OH is 1. The van der Waals surface area contributed by atoms with Gasteiger partial charge in [-0.2, -0.15) is 0 Å². The molecular formula is C15H23ClN2O3. The summed E-state index contributed by atoms with van der Waals surface area (Å²) in [5, 5.41) is 15.2. The predicted molar refractivity (Wildman–Crippen MR) is 84.0 cm³/mol. The lowest BCUT2D eigenvalue weighted by molar-refractivity contribution is -0.122. The van der Waals surface area contributed by atoms with E-state index in [0.717, 1.165) is 12.2 Å². The van der Waals surface area contributed by atoms with Gasteiger partial charge in [0.25, 0.3) is 0 Å². The van der Waals surface area contributed by atoms with Gasteiger partial charge in [-0.15, -0.1) is 12.4 Å². The number of halogens is 1. The van der Waals surface area contributed by atoms with Crippen LogP contribution in [0.1, 0.15) is 18.4 Å². The van der Waals surface area contributed by atoms with Gasteiger partial charge >= 0.3 is 0 Å². The second-order valence-corrected chi connectivity index (χ2v) is 5.16. The summed E-state index contributed by atoms with van der Waals surface area (Å²) in [4.78, 5) is 11.7. The van der Waals surface area contributed by atoms with E-state index in [1.165, 1.54) is 5.56 Å². The first-order chi connectivity index (χ1) is 9.65. The fourth-order valence-electron chi connectivity index (χ4n) is 2.15. The summed E-state index contributed by atoms with van der Waals surface area (Å²) in [6.07, 6.45) is 0.844. The van der Waals surface area contributed by atoms with Crippen molar-refractivity contribution in [3.05, 3.63) is 29.8 Å². The largest absolute Gasteiger partial charge is 0.494 e. The number of ether oxygens (including phenoxy) is 1. The van der Waals surface area contributed by atoms with E-state index < -0.39 is 6.10 Å². The molecule has 0 bridgehead atoms. The molecule has 0 radical (unpaired) electrons. The van der Waals surface area contributed by atoms with E-state index in [1.54, 1.807) is 0 Å². The third-order valence-electron chi connectivity index (χ3n) is 3.33. The number of amides is 1. The van der Waals surface area contributed by atoms with Crippen LogP contribution in [0.15, 0.2) is 24.3 Å². The van der Waals surface area contributed by atoms with Gasteiger partial charge < -0.3 is 20.5 Å². The highest BCUT2D eigenvalue weighted by atomic mass is 35.5. The summed E-state index contributed by atoms with van der Waals surface area (Å²) in [5.74, 6) is 0.805. The maximum absolute atomic E-state index is 11.7. The van der Waals surface area contributed by atoms with Crippen molar-refractivity contribution in [2.24, 2.45) is 0 Å². The van der Waals surface area contributed by atoms with E-state index in [4.69, 9.17) is 4.74 Å². The Labute approximate surface area is 131 Å². The fraction of sp³-hybridized carbons (Fsp3) is 0.533. The Bertz CT molecular complexity index is 439. The number of hydrogen-bond donors (Lipinski definition) is 3. The van der Waals surface area contributed by atoms with Crippen LogP contribution >= 0.6 is 12.4 Å². The summed E-state index contributed by atoms with van der Waals surface area (Å²) in [6, 6.07) is 7.64. The van der Waals surface area contributed by atoms with Crippen molar-refractivity contribution in [3.8, 4) is 5.75 Å². The van der Waals surface area contributed by atoms with Crippen LogP contribution < -0.4 is 15.4 Å². The lowest BCUT2D eigenvalue weighted by atomic mass is 10.2. The Kier molecular flexibility index (Phi) is 7.50. The predicted octanol–water partition coefficient (Wildman–Crippen LogP) is 1.02. The Morgan fingerprint density at radius 2 is 2.14 bits per heavy atom. The summed E-state index contributed by atoms with van der Waals surface area (Å²) in [5.41, 5.74) is 1.20. The van der Waals surface area contributed by atoms with Crippen LogP contribution in [0.3, 0.4) is 0 Å². The fourth-order valence-corrected chi connectivity index (χ4v) is 2.15. The molecule has 1 aromatic rings. The van der Waals surface area contributed by atoms with Gasteiger partial charge in [0.1, 0.15) is 5.75 Å². The minimum Gasteiger partial charge on any atom is -0.494 e. The first-order valence-corrected chi connectivity index (χ1v) is 7.04. The van der Waals surface area contributed by atoms with Crippen LogP contribution in [0.2, 0.25) is 0 Å². The lowest BCUT2D eigenvalue weighted by Gasteiger charge is -2.11. The van der Waals surface area contributed by atoms with Crippen LogP contribution in [0.5, 0.6) is 5.75 Å². The summed E-state index contributed by atoms with van der Waals surface area (Å²) in [6.45, 7) is 3.69. The number of aryl methyl sites for hydroxylation is 1. The van der Waals surface area contributed by atoms with Gasteiger partial charge in [0.2, 0.25) is 5.91 Å². The molecule has 5 nitrogen and oxygen atoms in total. The van der Waals surface area contributed by atoms with E-state index in [-0.39, 0.29) is 24.4 Å². The van der Waals surface area contributed by atoms with E-state index in [9.17, 15) is 9.90 Å². The van der Waals surface area contributed by atoms with Gasteiger partial charge in [0.05, 0.1) is 18.8 Å². The van der Waals surface area contributed by atoms with E-state index in [2.05, 4.69) is 10.6 Å². The van der Waals surface area contributed by atoms with Crippen LogP contribution in [0.4, 0.5) is 0 Å². The molecule has 1 heterocycles. The molecular weight excluding hydrogens is 292 g/mol. The summed E-state index contributed by atoms with van der Waals surface area (Å²) in [7, 11) is 0. The number of rotatable bonds is 6. The number of nitrogens with one attached hydrogen (secondary N) is 2. The number of β-amino-alcohol motifs (C(OH)–C–C–N with tert-alkyl or cyclic N) is 1. The summed E-state index contributed by atoms with van der Waals surface area (Å²) < 4.78 is 5.58. The van der Waals surface area contributed by atoms with E-state index in [1.807, 2.05) is 31.2 Å². The van der Waals surface area contributed by atoms with Crippen molar-refractivity contribution >= 4 is 18.3 Å². The Hall–Kier alpha value is -1.30. The molecule has 0 aromatic heterocycles. The van der Waals surface area contributed by atoms with Gasteiger partial charge in [-0.1, -0.05) is 17.7 Å². The van der Waals surface area contributed by atoms with Crippen LogP contribution in [0, 0.1) is 6.92 Å². The summed E-state index contributed by atoms with van der Waals surface area (Å²) >= 11 is 0. The zero-order valence-corrected chi connectivity index (χ0v) is 13.0. The molecule has 1 amide bonds. The van der Waals surface area contributed by atoms with Crippen molar-refractivity contribution < 1.29 is 14.6 Å². The quantitative estimate of drug-likeness (QED) is 0.686. The molecule has 21 heavy (non-hydrogen) atoms. The third-order valence-corrected chi connectivity index (χ3v) is 3.33. The first-order valence-electron chi connectivity index (χ1n) is 7.04. The Morgan fingerprint density at radius 1 is 1.43 bits per heavy atom. The Morgan fingerprint density at radius 3 is 2.76 bits per heavy atom. The molecule has 2 atom stereocenters. The van der Waals surface area contributed by atoms with Gasteiger partial charge in [0, 0.05) is 13.1 Å². The smallest absolute Gasteiger partial charge is 0.237 e. The molecule has 2 unspecified atom stereocenters. The standard InChI is InChI=1S/C15H22N2O3.ClH/c1-11-3-5-13(6-4-11)20-8-2-7-16-15(19)14-9-12(18)10-17-14;/h3-6,12,14,17-18H,2,7-10H2,1H3,(H,16,19);1H. The number of aliphatic hydroxyl groups is 1. The number of carbonyl (C=O) groups is 1. The average molecular weight is 315 g/mol. The lowest BCUT2D eigenvalue weighted by Crippen LogP contribution is -2.40. The zero-order valence-electron chi connectivity index (χ0n) is 12.2. The number of carbonyl (C=O) groups excluding carboxylic acids is 1.